The molecule has 156 valence electrons. The number of Topliss-reactive ketones (excluding diaryl/α,β-unsaturated/α-hetero) is 1. The van der Waals surface area contributed by atoms with Crippen LogP contribution >= 0.6 is 46.4 Å². The number of esters is 1. The zero-order chi connectivity index (χ0) is 22.2. The lowest BCUT2D eigenvalue weighted by Gasteiger charge is -2.13. The van der Waals surface area contributed by atoms with Crippen LogP contribution < -0.4 is 4.74 Å². The van der Waals surface area contributed by atoms with Crippen molar-refractivity contribution in [2.75, 3.05) is 20.3 Å². The molecule has 3 rings (SSSR count). The molecule has 0 N–H and O–H groups in total. The second-order valence-corrected chi connectivity index (χ2v) is 7.53. The quantitative estimate of drug-likeness (QED) is 0.197. The van der Waals surface area contributed by atoms with Crippen LogP contribution in [0.25, 0.3) is 0 Å². The first-order chi connectivity index (χ1) is 14.2. The van der Waals surface area contributed by atoms with Crippen LogP contribution in [0, 0.1) is 0 Å². The Hall–Kier alpha value is -2.32. The summed E-state index contributed by atoms with van der Waals surface area (Å²) in [5.74, 6) is -2.64. The van der Waals surface area contributed by atoms with E-state index in [0.717, 1.165) is 0 Å². The lowest BCUT2D eigenvalue weighted by molar-refractivity contribution is -0.142. The van der Waals surface area contributed by atoms with E-state index in [1.54, 1.807) is 12.1 Å². The van der Waals surface area contributed by atoms with Crippen molar-refractivity contribution in [3.05, 3.63) is 61.0 Å². The number of ketones is 1. The lowest BCUT2D eigenvalue weighted by atomic mass is 10.1. The van der Waals surface area contributed by atoms with Crippen LogP contribution in [0.15, 0.2) is 24.3 Å². The minimum absolute atomic E-state index is 0.183. The summed E-state index contributed by atoms with van der Waals surface area (Å²) in [7, 11) is 1.49. The zero-order valence-corrected chi connectivity index (χ0v) is 18.2. The first-order valence-corrected chi connectivity index (χ1v) is 9.73. The summed E-state index contributed by atoms with van der Waals surface area (Å²) in [6.45, 7) is -1.32. The van der Waals surface area contributed by atoms with Gasteiger partial charge in [-0.15, -0.1) is 0 Å². The molecule has 0 radical (unpaired) electrons. The van der Waals surface area contributed by atoms with Crippen molar-refractivity contribution in [3.63, 3.8) is 0 Å². The third-order valence-corrected chi connectivity index (χ3v) is 6.05. The van der Waals surface area contributed by atoms with Crippen molar-refractivity contribution in [2.45, 2.75) is 0 Å². The highest BCUT2D eigenvalue weighted by Crippen LogP contribution is 2.44. The average molecular weight is 491 g/mol. The molecule has 2 aromatic carbocycles. The molecule has 1 heterocycles. The van der Waals surface area contributed by atoms with Gasteiger partial charge >= 0.3 is 5.97 Å². The number of ether oxygens (including phenoxy) is 2. The molecule has 0 spiro atoms. The number of rotatable bonds is 6. The van der Waals surface area contributed by atoms with Crippen molar-refractivity contribution in [3.8, 4) is 5.75 Å². The summed E-state index contributed by atoms with van der Waals surface area (Å²) in [5.41, 5.74) is -0.196. The summed E-state index contributed by atoms with van der Waals surface area (Å²) in [6, 6.07) is 6.18. The largest absolute Gasteiger partial charge is 0.497 e. The Balaban J connectivity index is 1.69. The van der Waals surface area contributed by atoms with E-state index in [1.165, 1.54) is 19.2 Å². The van der Waals surface area contributed by atoms with Gasteiger partial charge in [-0.2, -0.15) is 0 Å². The molecular formula is C19H11Cl4NO6. The molecule has 0 unspecified atom stereocenters. The maximum atomic E-state index is 12.6. The van der Waals surface area contributed by atoms with Gasteiger partial charge in [-0.25, -0.2) is 0 Å². The van der Waals surface area contributed by atoms with Crippen molar-refractivity contribution in [1.29, 1.82) is 0 Å². The molecule has 0 saturated carbocycles. The number of hydrogen-bond donors (Lipinski definition) is 0. The van der Waals surface area contributed by atoms with Gasteiger partial charge in [0.1, 0.15) is 12.3 Å². The SMILES string of the molecule is COc1ccc(C(=O)COC(=O)CN2C(=O)c3c(Cl)c(Cl)c(Cl)c(Cl)c3C2=O)cc1. The Kier molecular flexibility index (Phi) is 6.57. The van der Waals surface area contributed by atoms with Crippen molar-refractivity contribution < 1.29 is 28.7 Å². The average Bonchev–Trinajstić information content (AvgIpc) is 2.99. The van der Waals surface area contributed by atoms with Crippen LogP contribution in [0.1, 0.15) is 31.1 Å². The van der Waals surface area contributed by atoms with Crippen molar-refractivity contribution >= 4 is 70.0 Å². The summed E-state index contributed by atoms with van der Waals surface area (Å²) >= 11 is 23.9. The smallest absolute Gasteiger partial charge is 0.326 e. The zero-order valence-electron chi connectivity index (χ0n) is 15.1. The first-order valence-electron chi connectivity index (χ1n) is 8.22. The normalized spacial score (nSPS) is 12.8. The number of carbonyl (C=O) groups excluding carboxylic acids is 4. The molecule has 0 fully saturated rings. The fraction of sp³-hybridized carbons (Fsp3) is 0.158. The molecule has 1 aliphatic rings. The number of carbonyl (C=O) groups is 4. The van der Waals surface area contributed by atoms with Crippen LogP contribution in [-0.2, 0) is 9.53 Å². The van der Waals surface area contributed by atoms with E-state index >= 15 is 0 Å². The van der Waals surface area contributed by atoms with Crippen LogP contribution in [-0.4, -0.2) is 48.7 Å². The van der Waals surface area contributed by atoms with Gasteiger partial charge in [0.2, 0.25) is 0 Å². The number of hydrogen-bond acceptors (Lipinski definition) is 6. The topological polar surface area (TPSA) is 90.0 Å². The highest BCUT2D eigenvalue weighted by atomic mass is 35.5. The van der Waals surface area contributed by atoms with E-state index in [2.05, 4.69) is 0 Å². The molecule has 0 aromatic heterocycles. The standard InChI is InChI=1S/C19H11Cl4NO6/c1-29-9-4-2-8(3-5-9)10(25)7-30-11(26)6-24-18(27)12-13(19(24)28)15(21)17(23)16(22)14(12)20/h2-5H,6-7H2,1H3. The van der Waals surface area contributed by atoms with Gasteiger partial charge in [0, 0.05) is 5.56 Å². The summed E-state index contributed by atoms with van der Waals surface area (Å²) in [6.07, 6.45) is 0. The summed E-state index contributed by atoms with van der Waals surface area (Å²) < 4.78 is 9.89. The van der Waals surface area contributed by atoms with E-state index in [4.69, 9.17) is 55.9 Å². The van der Waals surface area contributed by atoms with E-state index in [-0.39, 0.29) is 31.2 Å². The fourth-order valence-corrected chi connectivity index (χ4v) is 3.73. The Bertz CT molecular complexity index is 1040. The Morgan fingerprint density at radius 3 is 1.83 bits per heavy atom. The van der Waals surface area contributed by atoms with Gasteiger partial charge in [0.05, 0.1) is 38.3 Å². The molecule has 2 aromatic rings. The number of methoxy groups -OCH3 is 1. The summed E-state index contributed by atoms with van der Waals surface area (Å²) in [5, 5.41) is -0.856. The predicted octanol–water partition coefficient (Wildman–Crippen LogP) is 4.33. The lowest BCUT2D eigenvalue weighted by Crippen LogP contribution is -2.36. The Morgan fingerprint density at radius 2 is 1.37 bits per heavy atom. The monoisotopic (exact) mass is 489 g/mol. The number of nitrogens with zero attached hydrogens (tertiary/aromatic N) is 1. The summed E-state index contributed by atoms with van der Waals surface area (Å²) in [4.78, 5) is 50.0. The second kappa shape index (κ2) is 8.81. The number of halogens is 4. The van der Waals surface area contributed by atoms with Gasteiger partial charge in [-0.1, -0.05) is 46.4 Å². The first kappa shape index (κ1) is 22.4. The fourth-order valence-electron chi connectivity index (χ4n) is 2.72. The number of amides is 2. The molecule has 1 aliphatic heterocycles. The molecular weight excluding hydrogens is 480 g/mol. The van der Waals surface area contributed by atoms with E-state index in [1.807, 2.05) is 0 Å². The number of imide groups is 1. The Morgan fingerprint density at radius 1 is 0.867 bits per heavy atom. The van der Waals surface area contributed by atoms with Crippen LogP contribution in [0.2, 0.25) is 20.1 Å². The van der Waals surface area contributed by atoms with Gasteiger partial charge in [0.15, 0.2) is 12.4 Å². The minimum Gasteiger partial charge on any atom is -0.497 e. The molecule has 0 atom stereocenters. The molecule has 0 saturated heterocycles. The third-order valence-electron chi connectivity index (χ3n) is 4.25. The molecule has 30 heavy (non-hydrogen) atoms. The maximum absolute atomic E-state index is 12.6. The number of fused-ring (bicyclic) bond motifs is 1. The van der Waals surface area contributed by atoms with Crippen LogP contribution in [0.5, 0.6) is 5.75 Å². The van der Waals surface area contributed by atoms with Gasteiger partial charge < -0.3 is 9.47 Å². The van der Waals surface area contributed by atoms with E-state index in [9.17, 15) is 19.2 Å². The van der Waals surface area contributed by atoms with E-state index in [0.29, 0.717) is 16.2 Å². The molecule has 7 nitrogen and oxygen atoms in total. The highest BCUT2D eigenvalue weighted by molar-refractivity contribution is 6.55. The predicted molar refractivity (Wildman–Crippen MR) is 110 cm³/mol. The molecule has 2 amide bonds. The molecule has 0 bridgehead atoms. The van der Waals surface area contributed by atoms with Crippen molar-refractivity contribution in [2.24, 2.45) is 0 Å². The van der Waals surface area contributed by atoms with Gasteiger partial charge in [-0.3, -0.25) is 24.1 Å². The maximum Gasteiger partial charge on any atom is 0.326 e. The second-order valence-electron chi connectivity index (χ2n) is 6.01. The van der Waals surface area contributed by atoms with Gasteiger partial charge in [0.25, 0.3) is 11.8 Å². The van der Waals surface area contributed by atoms with Crippen LogP contribution in [0.4, 0.5) is 0 Å². The third kappa shape index (κ3) is 3.98. The van der Waals surface area contributed by atoms with E-state index < -0.39 is 36.7 Å². The van der Waals surface area contributed by atoms with Crippen LogP contribution in [0.3, 0.4) is 0 Å². The van der Waals surface area contributed by atoms with Gasteiger partial charge in [-0.05, 0) is 24.3 Å². The highest BCUT2D eigenvalue weighted by Gasteiger charge is 2.42. The minimum atomic E-state index is -0.976. The molecule has 11 heteroatoms. The number of benzene rings is 2. The molecule has 0 aliphatic carbocycles. The Labute approximate surface area is 190 Å². The van der Waals surface area contributed by atoms with Crippen molar-refractivity contribution in [1.82, 2.24) is 4.90 Å².